The van der Waals surface area contributed by atoms with Crippen molar-refractivity contribution in [2.75, 3.05) is 31.2 Å². The molecule has 0 amide bonds. The molecule has 0 aromatic heterocycles. The number of oxime groups is 1. The zero-order valence-corrected chi connectivity index (χ0v) is 20.9. The lowest BCUT2D eigenvalue weighted by atomic mass is 9.83. The van der Waals surface area contributed by atoms with Crippen LogP contribution < -0.4 is 14.4 Å². The Labute approximate surface area is 201 Å². The molecule has 0 aliphatic heterocycles. The van der Waals surface area contributed by atoms with Crippen LogP contribution in [-0.4, -0.2) is 53.4 Å². The highest BCUT2D eigenvalue weighted by atomic mass is 16.5. The van der Waals surface area contributed by atoms with Gasteiger partial charge in [-0.15, -0.1) is 0 Å². The Bertz CT molecular complexity index is 1020. The summed E-state index contributed by atoms with van der Waals surface area (Å²) < 4.78 is 11.8. The fourth-order valence-electron chi connectivity index (χ4n) is 3.64. The van der Waals surface area contributed by atoms with Gasteiger partial charge in [0.05, 0.1) is 12.3 Å². The maximum atomic E-state index is 11.1. The van der Waals surface area contributed by atoms with Crippen molar-refractivity contribution in [1.29, 1.82) is 0 Å². The van der Waals surface area contributed by atoms with Crippen molar-refractivity contribution < 1.29 is 29.7 Å². The lowest BCUT2D eigenvalue weighted by Crippen LogP contribution is -2.28. The summed E-state index contributed by atoms with van der Waals surface area (Å²) in [7, 11) is 0. The third-order valence-corrected chi connectivity index (χ3v) is 5.45. The molecule has 2 aromatic carbocycles. The van der Waals surface area contributed by atoms with Crippen molar-refractivity contribution in [3.63, 3.8) is 0 Å². The first-order valence-electron chi connectivity index (χ1n) is 11.5. The van der Waals surface area contributed by atoms with Gasteiger partial charge in [0.2, 0.25) is 0 Å². The van der Waals surface area contributed by atoms with Crippen molar-refractivity contribution in [3.05, 3.63) is 47.0 Å². The molecule has 0 fully saturated rings. The summed E-state index contributed by atoms with van der Waals surface area (Å²) in [5, 5.41) is 32.2. The minimum absolute atomic E-state index is 0.0935. The lowest BCUT2D eigenvalue weighted by Gasteiger charge is -2.32. The van der Waals surface area contributed by atoms with Crippen LogP contribution in [0.3, 0.4) is 0 Å². The van der Waals surface area contributed by atoms with Gasteiger partial charge in [-0.1, -0.05) is 32.9 Å². The molecule has 0 atom stereocenters. The number of rotatable bonds is 11. The summed E-state index contributed by atoms with van der Waals surface area (Å²) in [5.41, 5.74) is 2.59. The van der Waals surface area contributed by atoms with Crippen molar-refractivity contribution in [3.8, 4) is 17.2 Å². The number of phenols is 1. The van der Waals surface area contributed by atoms with E-state index in [1.165, 1.54) is 18.2 Å². The second kappa shape index (κ2) is 11.6. The molecule has 0 aliphatic rings. The van der Waals surface area contributed by atoms with Gasteiger partial charge in [-0.05, 0) is 55.5 Å². The highest BCUT2D eigenvalue weighted by molar-refractivity contribution is 6.02. The van der Waals surface area contributed by atoms with Crippen LogP contribution in [-0.2, 0) is 5.41 Å². The molecule has 3 N–H and O–H groups in total. The molecule has 8 heteroatoms. The van der Waals surface area contributed by atoms with Crippen LogP contribution in [0.5, 0.6) is 17.2 Å². The molecule has 0 radical (unpaired) electrons. The van der Waals surface area contributed by atoms with Gasteiger partial charge in [-0.25, -0.2) is 4.79 Å². The van der Waals surface area contributed by atoms with E-state index in [0.717, 1.165) is 36.5 Å². The van der Waals surface area contributed by atoms with Crippen molar-refractivity contribution in [1.82, 2.24) is 0 Å². The van der Waals surface area contributed by atoms with Crippen molar-refractivity contribution >= 4 is 17.4 Å². The maximum Gasteiger partial charge on any atom is 0.339 e. The van der Waals surface area contributed by atoms with E-state index in [0.29, 0.717) is 12.2 Å². The minimum atomic E-state index is -1.23. The van der Waals surface area contributed by atoms with Gasteiger partial charge in [0, 0.05) is 24.7 Å². The average Bonchev–Trinajstić information content (AvgIpc) is 2.78. The van der Waals surface area contributed by atoms with Crippen LogP contribution in [0.4, 0.5) is 5.69 Å². The second-order valence-electron chi connectivity index (χ2n) is 8.96. The summed E-state index contributed by atoms with van der Waals surface area (Å²) >= 11 is 0. The summed E-state index contributed by atoms with van der Waals surface area (Å²) in [5.74, 6) is -0.662. The van der Waals surface area contributed by atoms with Crippen LogP contribution in [0.25, 0.3) is 0 Å². The molecule has 2 aromatic rings. The number of hydrogen-bond acceptors (Lipinski definition) is 7. The molecule has 0 bridgehead atoms. The molecule has 8 nitrogen and oxygen atoms in total. The Hall–Kier alpha value is -3.42. The summed E-state index contributed by atoms with van der Waals surface area (Å²) in [4.78, 5) is 13.4. The fraction of sp³-hybridized carbons (Fsp3) is 0.462. The predicted octanol–water partition coefficient (Wildman–Crippen LogP) is 5.28. The van der Waals surface area contributed by atoms with E-state index in [9.17, 15) is 15.1 Å². The summed E-state index contributed by atoms with van der Waals surface area (Å²) in [6, 6.07) is 7.78. The largest absolute Gasteiger partial charge is 0.507 e. The van der Waals surface area contributed by atoms with Crippen LogP contribution in [0, 0.1) is 0 Å². The number of carbonyl (C=O) groups is 1. The number of benzene rings is 2. The van der Waals surface area contributed by atoms with Gasteiger partial charge in [0.1, 0.15) is 35.1 Å². The molecular formula is C26H36N2O6. The number of ether oxygens (including phenoxy) is 2. The first-order valence-corrected chi connectivity index (χ1v) is 11.5. The van der Waals surface area contributed by atoms with Gasteiger partial charge in [0.15, 0.2) is 0 Å². The van der Waals surface area contributed by atoms with Crippen molar-refractivity contribution in [2.24, 2.45) is 5.16 Å². The number of aromatic hydroxyl groups is 1. The molecule has 0 unspecified atom stereocenters. The van der Waals surface area contributed by atoms with E-state index in [4.69, 9.17) is 14.6 Å². The Kier molecular flexibility index (Phi) is 9.18. The van der Waals surface area contributed by atoms with E-state index in [-0.39, 0.29) is 29.0 Å². The lowest BCUT2D eigenvalue weighted by molar-refractivity contribution is 0.0693. The predicted molar refractivity (Wildman–Crippen MR) is 133 cm³/mol. The van der Waals surface area contributed by atoms with Gasteiger partial charge < -0.3 is 29.8 Å². The Morgan fingerprint density at radius 1 is 1.06 bits per heavy atom. The maximum absolute atomic E-state index is 11.1. The first kappa shape index (κ1) is 26.8. The van der Waals surface area contributed by atoms with Gasteiger partial charge in [-0.3, -0.25) is 0 Å². The van der Waals surface area contributed by atoms with Crippen LogP contribution >= 0.6 is 0 Å². The number of carboxylic acids is 1. The highest BCUT2D eigenvalue weighted by Gasteiger charge is 2.26. The van der Waals surface area contributed by atoms with Gasteiger partial charge >= 0.3 is 5.97 Å². The summed E-state index contributed by atoms with van der Waals surface area (Å²) in [6.45, 7) is 14.7. The SMILES string of the molecule is CCCOc1cc(/C(COc2ccc(C(=O)O)c(O)c2)=N\O)cc(C(C)(C)C)c1N(CC)CC. The van der Waals surface area contributed by atoms with Gasteiger partial charge in [-0.2, -0.15) is 0 Å². The number of carboxylic acid groups (broad SMARTS) is 1. The van der Waals surface area contributed by atoms with Crippen LogP contribution in [0.1, 0.15) is 69.4 Å². The highest BCUT2D eigenvalue weighted by Crippen LogP contribution is 2.41. The van der Waals surface area contributed by atoms with E-state index >= 15 is 0 Å². The zero-order chi connectivity index (χ0) is 25.5. The third-order valence-electron chi connectivity index (χ3n) is 5.45. The fourth-order valence-corrected chi connectivity index (χ4v) is 3.64. The monoisotopic (exact) mass is 472 g/mol. The summed E-state index contributed by atoms with van der Waals surface area (Å²) in [6.07, 6.45) is 0.854. The molecular weight excluding hydrogens is 436 g/mol. The molecule has 0 heterocycles. The second-order valence-corrected chi connectivity index (χ2v) is 8.96. The standard InChI is InChI=1S/C26H36N2O6/c1-7-12-33-23-14-17(13-20(26(4,5)6)24(23)28(8-2)9-3)21(27-32)16-34-18-10-11-19(25(30)31)22(29)15-18/h10-11,13-15,29,32H,7-9,12,16H2,1-6H3,(H,30,31)/b27-21-. The number of nitrogens with zero attached hydrogens (tertiary/aromatic N) is 2. The Morgan fingerprint density at radius 3 is 2.24 bits per heavy atom. The number of aromatic carboxylic acids is 1. The Morgan fingerprint density at radius 2 is 1.74 bits per heavy atom. The van der Waals surface area contributed by atoms with Crippen LogP contribution in [0.15, 0.2) is 35.5 Å². The first-order chi connectivity index (χ1) is 16.1. The topological polar surface area (TPSA) is 112 Å². The molecule has 0 aliphatic carbocycles. The van der Waals surface area contributed by atoms with E-state index < -0.39 is 11.7 Å². The molecule has 0 spiro atoms. The quantitative estimate of drug-likeness (QED) is 0.232. The normalized spacial score (nSPS) is 11.9. The molecule has 34 heavy (non-hydrogen) atoms. The molecule has 0 saturated heterocycles. The third kappa shape index (κ3) is 6.34. The molecule has 186 valence electrons. The van der Waals surface area contributed by atoms with Gasteiger partial charge in [0.25, 0.3) is 0 Å². The van der Waals surface area contributed by atoms with E-state index in [2.05, 4.69) is 44.7 Å². The van der Waals surface area contributed by atoms with Crippen LogP contribution in [0.2, 0.25) is 0 Å². The van der Waals surface area contributed by atoms with Crippen molar-refractivity contribution in [2.45, 2.75) is 53.4 Å². The smallest absolute Gasteiger partial charge is 0.339 e. The number of hydrogen-bond donors (Lipinski definition) is 3. The number of anilines is 1. The molecule has 2 rings (SSSR count). The minimum Gasteiger partial charge on any atom is -0.507 e. The zero-order valence-electron chi connectivity index (χ0n) is 20.9. The Balaban J connectivity index is 2.48. The van der Waals surface area contributed by atoms with E-state index in [1.807, 2.05) is 19.1 Å². The average molecular weight is 473 g/mol. The van der Waals surface area contributed by atoms with E-state index in [1.54, 1.807) is 0 Å². The molecule has 0 saturated carbocycles.